The second-order valence-electron chi connectivity index (χ2n) is 10.4. The third-order valence-electron chi connectivity index (χ3n) is 7.78. The maximum Gasteiger partial charge on any atom is 0.427 e. The molecule has 0 bridgehead atoms. The second-order valence-corrected chi connectivity index (χ2v) is 10.4. The Bertz CT molecular complexity index is 742. The first-order valence-electron chi connectivity index (χ1n) is 13.0. The lowest BCUT2D eigenvalue weighted by atomic mass is 9.86. The van der Waals surface area contributed by atoms with E-state index in [0.717, 1.165) is 50.8 Å². The number of allylic oxidation sites excluding steroid dienone is 2. The number of aliphatic hydroxyl groups excluding tert-OH is 1. The van der Waals surface area contributed by atoms with Gasteiger partial charge in [0.1, 0.15) is 12.3 Å². The van der Waals surface area contributed by atoms with E-state index in [1.54, 1.807) is 6.92 Å². The first kappa shape index (κ1) is 26.9. The third-order valence-corrected chi connectivity index (χ3v) is 7.78. The van der Waals surface area contributed by atoms with Crippen LogP contribution in [0.25, 0.3) is 0 Å². The summed E-state index contributed by atoms with van der Waals surface area (Å²) < 4.78 is 64.6. The molecule has 1 saturated heterocycles. The number of hydrogen-bond acceptors (Lipinski definition) is 6. The fourth-order valence-electron chi connectivity index (χ4n) is 5.68. The lowest BCUT2D eigenvalue weighted by molar-refractivity contribution is -0.218. The Labute approximate surface area is 205 Å². The molecule has 0 amide bonds. The van der Waals surface area contributed by atoms with E-state index < -0.39 is 30.7 Å². The Kier molecular flexibility index (Phi) is 9.13. The van der Waals surface area contributed by atoms with E-state index in [1.807, 2.05) is 12.2 Å². The highest BCUT2D eigenvalue weighted by atomic mass is 19.4. The van der Waals surface area contributed by atoms with Gasteiger partial charge in [0.05, 0.1) is 18.5 Å². The molecule has 0 spiro atoms. The van der Waals surface area contributed by atoms with E-state index in [4.69, 9.17) is 9.47 Å². The van der Waals surface area contributed by atoms with Gasteiger partial charge in [0.15, 0.2) is 0 Å². The summed E-state index contributed by atoms with van der Waals surface area (Å²) in [6.45, 7) is 2.50. The van der Waals surface area contributed by atoms with Crippen LogP contribution in [0.1, 0.15) is 64.7 Å². The van der Waals surface area contributed by atoms with Gasteiger partial charge in [-0.15, -0.1) is 0 Å². The quantitative estimate of drug-likeness (QED) is 0.249. The molecule has 200 valence electrons. The zero-order chi connectivity index (χ0) is 25.0. The Hall–Kier alpha value is -1.20. The standard InChI is InChI=1S/C25H39F4N3O3/c1-16(31-24(33)25(27,28)29)23(15-34-20-5-3-2-4-6-20)35-21-11-12-22-17(13-21)14-30-32(22)19-9-7-18(26)8-10-19/h3,5,11,16-20,22-24,30-31,33H,2,4,6-10,12-15H2,1H3/t16-,17?,18?,19?,20?,22?,23-,24?/m0/s1. The molecule has 1 saturated carbocycles. The number of rotatable bonds is 9. The molecule has 4 rings (SSSR count). The van der Waals surface area contributed by atoms with Gasteiger partial charge in [-0.05, 0) is 70.3 Å². The summed E-state index contributed by atoms with van der Waals surface area (Å²) in [5.74, 6) is 1.08. The van der Waals surface area contributed by atoms with Crippen LogP contribution in [-0.4, -0.2) is 72.2 Å². The van der Waals surface area contributed by atoms with Crippen molar-refractivity contribution in [3.05, 3.63) is 24.0 Å². The minimum Gasteiger partial charge on any atom is -0.491 e. The number of hydrazine groups is 1. The van der Waals surface area contributed by atoms with E-state index in [-0.39, 0.29) is 12.7 Å². The highest BCUT2D eigenvalue weighted by Gasteiger charge is 2.43. The van der Waals surface area contributed by atoms with Gasteiger partial charge in [0.2, 0.25) is 6.23 Å². The van der Waals surface area contributed by atoms with E-state index in [1.165, 1.54) is 0 Å². The number of fused-ring (bicyclic) bond motifs is 1. The van der Waals surface area contributed by atoms with Gasteiger partial charge in [-0.3, -0.25) is 10.7 Å². The molecule has 1 heterocycles. The molecule has 0 aromatic heterocycles. The number of nitrogens with one attached hydrogen (secondary N) is 2. The van der Waals surface area contributed by atoms with Crippen LogP contribution in [0.2, 0.25) is 0 Å². The number of ether oxygens (including phenoxy) is 2. The summed E-state index contributed by atoms with van der Waals surface area (Å²) in [7, 11) is 0. The lowest BCUT2D eigenvalue weighted by Gasteiger charge is -2.38. The fraction of sp³-hybridized carbons (Fsp3) is 0.840. The maximum absolute atomic E-state index is 13.6. The molecule has 2 fully saturated rings. The maximum atomic E-state index is 13.6. The van der Waals surface area contributed by atoms with Crippen LogP contribution in [0.4, 0.5) is 17.6 Å². The van der Waals surface area contributed by atoms with Gasteiger partial charge in [0, 0.05) is 31.1 Å². The van der Waals surface area contributed by atoms with Crippen LogP contribution in [0, 0.1) is 5.92 Å². The van der Waals surface area contributed by atoms with Crippen molar-refractivity contribution in [2.24, 2.45) is 5.92 Å². The van der Waals surface area contributed by atoms with Gasteiger partial charge in [0.25, 0.3) is 0 Å². The van der Waals surface area contributed by atoms with Crippen LogP contribution in [-0.2, 0) is 9.47 Å². The third kappa shape index (κ3) is 7.19. The molecule has 35 heavy (non-hydrogen) atoms. The Balaban J connectivity index is 1.37. The summed E-state index contributed by atoms with van der Waals surface area (Å²) in [5.41, 5.74) is 3.51. The molecule has 3 aliphatic carbocycles. The highest BCUT2D eigenvalue weighted by molar-refractivity contribution is 5.09. The van der Waals surface area contributed by atoms with E-state index in [0.29, 0.717) is 37.3 Å². The average Bonchev–Trinajstić information content (AvgIpc) is 3.25. The Morgan fingerprint density at radius 3 is 2.69 bits per heavy atom. The normalized spacial score (nSPS) is 34.7. The molecule has 6 atom stereocenters. The molecule has 3 N–H and O–H groups in total. The average molecular weight is 506 g/mol. The Morgan fingerprint density at radius 2 is 2.00 bits per heavy atom. The van der Waals surface area contributed by atoms with Gasteiger partial charge in [-0.25, -0.2) is 9.40 Å². The Morgan fingerprint density at radius 1 is 1.23 bits per heavy atom. The predicted octanol–water partition coefficient (Wildman–Crippen LogP) is 4.12. The number of alkyl halides is 4. The zero-order valence-corrected chi connectivity index (χ0v) is 20.4. The van der Waals surface area contributed by atoms with Gasteiger partial charge in [-0.2, -0.15) is 13.2 Å². The van der Waals surface area contributed by atoms with Crippen molar-refractivity contribution in [2.75, 3.05) is 13.2 Å². The van der Waals surface area contributed by atoms with Crippen molar-refractivity contribution in [3.8, 4) is 0 Å². The van der Waals surface area contributed by atoms with Gasteiger partial charge in [-0.1, -0.05) is 12.2 Å². The first-order valence-corrected chi connectivity index (χ1v) is 13.0. The first-order chi connectivity index (χ1) is 16.7. The van der Waals surface area contributed by atoms with Crippen LogP contribution in [0.3, 0.4) is 0 Å². The van der Waals surface area contributed by atoms with Crippen LogP contribution < -0.4 is 10.7 Å². The van der Waals surface area contributed by atoms with Crippen molar-refractivity contribution in [1.82, 2.24) is 15.8 Å². The molecular formula is C25H39F4N3O3. The van der Waals surface area contributed by atoms with Crippen LogP contribution >= 0.6 is 0 Å². The van der Waals surface area contributed by atoms with Crippen molar-refractivity contribution >= 4 is 0 Å². The molecule has 0 radical (unpaired) electrons. The second kappa shape index (κ2) is 11.9. The molecule has 1 aliphatic heterocycles. The molecule has 10 heteroatoms. The molecular weight excluding hydrogens is 466 g/mol. The fourth-order valence-corrected chi connectivity index (χ4v) is 5.68. The minimum absolute atomic E-state index is 0.0775. The van der Waals surface area contributed by atoms with E-state index in [9.17, 15) is 22.7 Å². The zero-order valence-electron chi connectivity index (χ0n) is 20.4. The number of hydrogen-bond donors (Lipinski definition) is 3. The molecule has 0 aromatic carbocycles. The molecule has 6 nitrogen and oxygen atoms in total. The largest absolute Gasteiger partial charge is 0.491 e. The topological polar surface area (TPSA) is 66.0 Å². The molecule has 0 aromatic rings. The summed E-state index contributed by atoms with van der Waals surface area (Å²) in [6, 6.07) is -0.134. The number of nitrogens with zero attached hydrogens (tertiary/aromatic N) is 1. The molecule has 4 unspecified atom stereocenters. The van der Waals surface area contributed by atoms with Gasteiger partial charge < -0.3 is 14.6 Å². The summed E-state index contributed by atoms with van der Waals surface area (Å²) in [6.07, 6.45) is 4.49. The van der Waals surface area contributed by atoms with Crippen molar-refractivity contribution in [2.45, 2.75) is 114 Å². The monoisotopic (exact) mass is 505 g/mol. The van der Waals surface area contributed by atoms with Crippen LogP contribution in [0.5, 0.6) is 0 Å². The lowest BCUT2D eigenvalue weighted by Crippen LogP contribution is -2.52. The smallest absolute Gasteiger partial charge is 0.427 e. The SMILES string of the molecule is C[C@H](NC(O)C(F)(F)F)[C@H](COC1C=CCCC1)OC1=CCC2C(CNN2C2CCC(F)CC2)C1. The van der Waals surface area contributed by atoms with Crippen molar-refractivity contribution in [1.29, 1.82) is 0 Å². The van der Waals surface area contributed by atoms with E-state index >= 15 is 0 Å². The minimum atomic E-state index is -4.76. The summed E-state index contributed by atoms with van der Waals surface area (Å²) in [4.78, 5) is 0. The van der Waals surface area contributed by atoms with E-state index in [2.05, 4.69) is 21.8 Å². The molecule has 4 aliphatic rings. The summed E-state index contributed by atoms with van der Waals surface area (Å²) in [5, 5.41) is 14.1. The van der Waals surface area contributed by atoms with Crippen LogP contribution in [0.15, 0.2) is 24.0 Å². The summed E-state index contributed by atoms with van der Waals surface area (Å²) >= 11 is 0. The number of halogens is 4. The number of aliphatic hydroxyl groups is 1. The van der Waals surface area contributed by atoms with Crippen molar-refractivity contribution < 1.29 is 32.1 Å². The highest BCUT2D eigenvalue weighted by Crippen LogP contribution is 2.36. The van der Waals surface area contributed by atoms with Gasteiger partial charge >= 0.3 is 6.18 Å². The predicted molar refractivity (Wildman–Crippen MR) is 124 cm³/mol. The van der Waals surface area contributed by atoms with Crippen molar-refractivity contribution in [3.63, 3.8) is 0 Å².